The average molecular weight is 526 g/mol. The number of carbonyl (C=O) groups is 1. The minimum atomic E-state index is -0.321. The zero-order chi connectivity index (χ0) is 25.6. The Morgan fingerprint density at radius 1 is 0.919 bits per heavy atom. The third kappa shape index (κ3) is 6.74. The number of fused-ring (bicyclic) bond motifs is 1. The summed E-state index contributed by atoms with van der Waals surface area (Å²) in [5.74, 6) is -0.228. The summed E-state index contributed by atoms with van der Waals surface area (Å²) in [6.45, 7) is 8.04. The third-order valence-electron chi connectivity index (χ3n) is 7.75. The molecule has 3 aromatic rings. The summed E-state index contributed by atoms with van der Waals surface area (Å²) in [4.78, 5) is 30.4. The summed E-state index contributed by atoms with van der Waals surface area (Å²) in [5, 5.41) is 0. The van der Waals surface area contributed by atoms with E-state index >= 15 is 0 Å². The number of halogens is 1. The summed E-state index contributed by atoms with van der Waals surface area (Å²) in [7, 11) is 0. The molecule has 37 heavy (non-hydrogen) atoms. The number of nitrogens with zero attached hydrogens (tertiary/aromatic N) is 3. The van der Waals surface area contributed by atoms with Crippen molar-refractivity contribution in [2.24, 2.45) is 5.92 Å². The lowest BCUT2D eigenvalue weighted by Crippen LogP contribution is -2.38. The maximum absolute atomic E-state index is 13.2. The van der Waals surface area contributed by atoms with Gasteiger partial charge >= 0.3 is 4.87 Å². The first kappa shape index (κ1) is 26.2. The van der Waals surface area contributed by atoms with Crippen LogP contribution in [0.2, 0.25) is 0 Å². The molecule has 0 unspecified atom stereocenters. The third-order valence-corrected chi connectivity index (χ3v) is 8.70. The van der Waals surface area contributed by atoms with E-state index in [2.05, 4.69) is 28.0 Å². The number of thiazole rings is 1. The van der Waals surface area contributed by atoms with Crippen molar-refractivity contribution >= 4 is 27.3 Å². The predicted octanol–water partition coefficient (Wildman–Crippen LogP) is 4.45. The highest BCUT2D eigenvalue weighted by Crippen LogP contribution is 2.23. The van der Waals surface area contributed by atoms with Crippen LogP contribution in [0.1, 0.15) is 41.6 Å². The molecule has 0 radical (unpaired) electrons. The molecule has 198 valence electrons. The van der Waals surface area contributed by atoms with Crippen LogP contribution in [0.5, 0.6) is 0 Å². The van der Waals surface area contributed by atoms with E-state index in [9.17, 15) is 14.0 Å². The number of Topliss-reactive ketones (excluding diaryl/α,β-unsaturated/α-hetero) is 1. The Kier molecular flexibility index (Phi) is 8.81. The lowest BCUT2D eigenvalue weighted by atomic mass is 9.89. The van der Waals surface area contributed by atoms with E-state index in [-0.39, 0.29) is 22.4 Å². The summed E-state index contributed by atoms with van der Waals surface area (Å²) < 4.78 is 21.6. The molecule has 2 fully saturated rings. The topological polar surface area (TPSA) is 54.8 Å². The second-order valence-corrected chi connectivity index (χ2v) is 11.2. The van der Waals surface area contributed by atoms with E-state index in [0.717, 1.165) is 88.4 Å². The van der Waals surface area contributed by atoms with Crippen LogP contribution in [0.3, 0.4) is 0 Å². The van der Waals surface area contributed by atoms with Gasteiger partial charge in [0.2, 0.25) is 0 Å². The molecule has 0 atom stereocenters. The number of morpholine rings is 1. The van der Waals surface area contributed by atoms with Crippen LogP contribution in [0.15, 0.2) is 47.3 Å². The maximum atomic E-state index is 13.2. The molecule has 0 spiro atoms. The van der Waals surface area contributed by atoms with Crippen molar-refractivity contribution < 1.29 is 13.9 Å². The quantitative estimate of drug-likeness (QED) is 0.289. The Hall–Kier alpha value is -2.39. The molecule has 0 amide bonds. The van der Waals surface area contributed by atoms with Crippen molar-refractivity contribution in [3.05, 3.63) is 69.1 Å². The molecular weight excluding hydrogens is 489 g/mol. The van der Waals surface area contributed by atoms with E-state index in [1.807, 2.05) is 4.57 Å². The van der Waals surface area contributed by atoms with E-state index in [0.29, 0.717) is 12.1 Å². The number of hydrogen-bond acceptors (Lipinski definition) is 6. The number of benzene rings is 2. The smallest absolute Gasteiger partial charge is 0.308 e. The molecule has 0 saturated carbocycles. The van der Waals surface area contributed by atoms with Crippen molar-refractivity contribution in [2.45, 2.75) is 38.6 Å². The highest BCUT2D eigenvalue weighted by molar-refractivity contribution is 7.16. The highest BCUT2D eigenvalue weighted by atomic mass is 32.1. The van der Waals surface area contributed by atoms with Gasteiger partial charge in [-0.05, 0) is 93.7 Å². The van der Waals surface area contributed by atoms with Gasteiger partial charge in [0.1, 0.15) is 5.82 Å². The van der Waals surface area contributed by atoms with Crippen molar-refractivity contribution in [3.8, 4) is 0 Å². The summed E-state index contributed by atoms with van der Waals surface area (Å²) in [5.41, 5.74) is 2.91. The normalized spacial score (nSPS) is 18.0. The summed E-state index contributed by atoms with van der Waals surface area (Å²) in [6.07, 6.45) is 4.96. The van der Waals surface area contributed by atoms with Gasteiger partial charge in [-0.3, -0.25) is 19.1 Å². The minimum Gasteiger partial charge on any atom is -0.379 e. The summed E-state index contributed by atoms with van der Waals surface area (Å²) >= 11 is 1.34. The van der Waals surface area contributed by atoms with Crippen molar-refractivity contribution in [2.75, 3.05) is 52.5 Å². The molecule has 3 heterocycles. The van der Waals surface area contributed by atoms with Crippen molar-refractivity contribution in [3.63, 3.8) is 0 Å². The SMILES string of the molecule is O=C(c1ccc(F)cc1)C1CCN(CCn2c(=O)sc3cc(CCCCN4CCOCC4)ccc32)CC1. The molecule has 6 nitrogen and oxygen atoms in total. The van der Waals surface area contributed by atoms with Gasteiger partial charge in [0.25, 0.3) is 0 Å². The molecule has 2 saturated heterocycles. The van der Waals surface area contributed by atoms with Gasteiger partial charge in [-0.2, -0.15) is 0 Å². The average Bonchev–Trinajstić information content (AvgIpc) is 3.24. The molecule has 0 N–H and O–H groups in total. The van der Waals surface area contributed by atoms with E-state index in [4.69, 9.17) is 4.74 Å². The van der Waals surface area contributed by atoms with Gasteiger partial charge in [0.15, 0.2) is 5.78 Å². The largest absolute Gasteiger partial charge is 0.379 e. The molecule has 1 aromatic heterocycles. The Balaban J connectivity index is 1.10. The molecule has 8 heteroatoms. The number of aromatic nitrogens is 1. The van der Waals surface area contributed by atoms with Gasteiger partial charge in [0, 0.05) is 37.7 Å². The number of rotatable bonds is 10. The minimum absolute atomic E-state index is 0.0151. The fourth-order valence-corrected chi connectivity index (χ4v) is 6.46. The highest BCUT2D eigenvalue weighted by Gasteiger charge is 2.26. The van der Waals surface area contributed by atoms with E-state index < -0.39 is 0 Å². The van der Waals surface area contributed by atoms with Gasteiger partial charge in [-0.25, -0.2) is 4.39 Å². The number of carbonyl (C=O) groups excluding carboxylic acids is 1. The van der Waals surface area contributed by atoms with Gasteiger partial charge in [-0.1, -0.05) is 17.4 Å². The number of likely N-dealkylation sites (tertiary alicyclic amines) is 1. The first-order valence-electron chi connectivity index (χ1n) is 13.5. The first-order chi connectivity index (χ1) is 18.1. The molecule has 2 aromatic carbocycles. The Bertz CT molecular complexity index is 1240. The zero-order valence-electron chi connectivity index (χ0n) is 21.4. The second-order valence-electron chi connectivity index (χ2n) is 10.2. The van der Waals surface area contributed by atoms with Gasteiger partial charge in [0.05, 0.1) is 23.4 Å². The molecule has 0 bridgehead atoms. The molecular formula is C29H36FN3O3S. The van der Waals surface area contributed by atoms with Crippen LogP contribution >= 0.6 is 11.3 Å². The van der Waals surface area contributed by atoms with Crippen LogP contribution in [0.4, 0.5) is 4.39 Å². The summed E-state index contributed by atoms with van der Waals surface area (Å²) in [6, 6.07) is 12.3. The Morgan fingerprint density at radius 2 is 1.65 bits per heavy atom. The maximum Gasteiger partial charge on any atom is 0.308 e. The Labute approximate surface area is 221 Å². The van der Waals surface area contributed by atoms with Gasteiger partial charge < -0.3 is 9.64 Å². The molecule has 2 aliphatic rings. The number of aryl methyl sites for hydroxylation is 1. The fourth-order valence-electron chi connectivity index (χ4n) is 5.48. The first-order valence-corrected chi connectivity index (χ1v) is 14.3. The van der Waals surface area contributed by atoms with Crippen LogP contribution in [-0.2, 0) is 17.7 Å². The van der Waals surface area contributed by atoms with E-state index in [1.54, 1.807) is 12.1 Å². The lowest BCUT2D eigenvalue weighted by molar-refractivity contribution is 0.0372. The lowest BCUT2D eigenvalue weighted by Gasteiger charge is -2.31. The van der Waals surface area contributed by atoms with Crippen LogP contribution in [-0.4, -0.2) is 72.6 Å². The Morgan fingerprint density at radius 3 is 2.41 bits per heavy atom. The zero-order valence-corrected chi connectivity index (χ0v) is 22.2. The molecule has 2 aliphatic heterocycles. The number of ether oxygens (including phenoxy) is 1. The number of piperidine rings is 1. The number of hydrogen-bond donors (Lipinski definition) is 0. The standard InChI is InChI=1S/C29H36FN3O3S/c30-25-7-5-23(6-8-25)28(34)24-10-13-32(14-11-24)15-16-33-26-9-4-22(21-27(26)37-29(33)35)3-1-2-12-31-17-19-36-20-18-31/h4-9,21,24H,1-3,10-20H2. The van der Waals surface area contributed by atoms with Crippen molar-refractivity contribution in [1.82, 2.24) is 14.4 Å². The number of ketones is 1. The predicted molar refractivity (Wildman–Crippen MR) is 146 cm³/mol. The van der Waals surface area contributed by atoms with Gasteiger partial charge in [-0.15, -0.1) is 0 Å². The van der Waals surface area contributed by atoms with Crippen LogP contribution in [0.25, 0.3) is 10.2 Å². The monoisotopic (exact) mass is 525 g/mol. The van der Waals surface area contributed by atoms with Crippen molar-refractivity contribution in [1.29, 1.82) is 0 Å². The second kappa shape index (κ2) is 12.4. The number of unbranched alkanes of at least 4 members (excludes halogenated alkanes) is 1. The van der Waals surface area contributed by atoms with Crippen LogP contribution in [0, 0.1) is 11.7 Å². The molecule has 0 aliphatic carbocycles. The fraction of sp³-hybridized carbons (Fsp3) is 0.517. The van der Waals surface area contributed by atoms with Crippen LogP contribution < -0.4 is 4.87 Å². The van der Waals surface area contributed by atoms with E-state index in [1.165, 1.54) is 35.5 Å². The molecule has 5 rings (SSSR count).